The maximum atomic E-state index is 12.2. The van der Waals surface area contributed by atoms with Crippen molar-refractivity contribution in [2.45, 2.75) is 39.8 Å². The molecule has 0 atom stereocenters. The average molecular weight is 474 g/mol. The van der Waals surface area contributed by atoms with Crippen LogP contribution in [0.2, 0.25) is 0 Å². The van der Waals surface area contributed by atoms with Crippen LogP contribution in [0.4, 0.5) is 9.59 Å². The Morgan fingerprint density at radius 2 is 1.74 bits per heavy atom. The lowest BCUT2D eigenvalue weighted by Crippen LogP contribution is -2.37. The van der Waals surface area contributed by atoms with Crippen LogP contribution in [-0.2, 0) is 32.3 Å². The normalized spacial score (nSPS) is 13.4. The number of hydrogen-bond donors (Lipinski definition) is 2. The number of amides is 4. The Labute approximate surface area is 194 Å². The van der Waals surface area contributed by atoms with Crippen molar-refractivity contribution in [3.63, 3.8) is 0 Å². The first-order valence-electron chi connectivity index (χ1n) is 10.8. The van der Waals surface area contributed by atoms with E-state index in [2.05, 4.69) is 10.6 Å². The molecule has 1 saturated heterocycles. The van der Waals surface area contributed by atoms with E-state index in [1.54, 1.807) is 24.3 Å². The first-order valence-corrected chi connectivity index (χ1v) is 10.8. The van der Waals surface area contributed by atoms with Gasteiger partial charge in [-0.3, -0.25) is 14.5 Å². The summed E-state index contributed by atoms with van der Waals surface area (Å²) in [6.45, 7) is 5.58. The number of rotatable bonds is 9. The number of hydrogen-bond acceptors (Lipinski definition) is 9. The summed E-state index contributed by atoms with van der Waals surface area (Å²) >= 11 is 0. The van der Waals surface area contributed by atoms with Gasteiger partial charge in [0.2, 0.25) is 0 Å². The first kappa shape index (κ1) is 24.7. The lowest BCUT2D eigenvalue weighted by Gasteiger charge is -2.18. The van der Waals surface area contributed by atoms with Gasteiger partial charge in [0.25, 0.3) is 11.8 Å². The number of benzene rings is 1. The van der Waals surface area contributed by atoms with E-state index in [0.29, 0.717) is 28.3 Å². The molecule has 0 radical (unpaired) electrons. The van der Waals surface area contributed by atoms with E-state index in [0.717, 1.165) is 13.1 Å². The molecule has 0 spiro atoms. The minimum atomic E-state index is -0.951. The highest BCUT2D eigenvalue weighted by Crippen LogP contribution is 2.17. The quantitative estimate of drug-likeness (QED) is 0.314. The van der Waals surface area contributed by atoms with Gasteiger partial charge in [0.1, 0.15) is 12.2 Å². The standard InChI is InChI=1S/C22H26N4O8/c1-3-25(4-2)13-24-21(30)32-12-16-10-15-9-14(5-6-17(15)33-20(16)29)11-23-22(31)34-26-18(27)7-8-19(26)28/h5-6,9-10H,3-4,7-8,11-13H2,1-2H3,(H,23,31)(H,24,30). The molecule has 0 unspecified atom stereocenters. The highest BCUT2D eigenvalue weighted by molar-refractivity contribution is 6.01. The van der Waals surface area contributed by atoms with Gasteiger partial charge in [0, 0.05) is 24.8 Å². The molecule has 2 heterocycles. The van der Waals surface area contributed by atoms with Crippen LogP contribution in [-0.4, -0.2) is 53.7 Å². The highest BCUT2D eigenvalue weighted by Gasteiger charge is 2.32. The number of ether oxygens (including phenoxy) is 1. The molecule has 1 aromatic heterocycles. The fourth-order valence-corrected chi connectivity index (χ4v) is 3.19. The lowest BCUT2D eigenvalue weighted by molar-refractivity contribution is -0.171. The number of alkyl carbamates (subject to hydrolysis) is 1. The number of imide groups is 1. The van der Waals surface area contributed by atoms with Crippen LogP contribution in [0.3, 0.4) is 0 Å². The minimum absolute atomic E-state index is 0.00558. The summed E-state index contributed by atoms with van der Waals surface area (Å²) in [6.07, 6.45) is -1.59. The van der Waals surface area contributed by atoms with Crippen molar-refractivity contribution in [3.05, 3.63) is 45.8 Å². The zero-order chi connectivity index (χ0) is 24.7. The fourth-order valence-electron chi connectivity index (χ4n) is 3.19. The fraction of sp³-hybridized carbons (Fsp3) is 0.409. The van der Waals surface area contributed by atoms with Crippen LogP contribution in [0.25, 0.3) is 11.0 Å². The summed E-state index contributed by atoms with van der Waals surface area (Å²) in [4.78, 5) is 65.8. The number of carbonyl (C=O) groups excluding carboxylic acids is 4. The van der Waals surface area contributed by atoms with Crippen molar-refractivity contribution in [3.8, 4) is 0 Å². The Kier molecular flexibility index (Phi) is 8.19. The number of nitrogens with one attached hydrogen (secondary N) is 2. The number of hydroxylamine groups is 2. The molecule has 1 fully saturated rings. The van der Waals surface area contributed by atoms with Gasteiger partial charge < -0.3 is 24.6 Å². The van der Waals surface area contributed by atoms with E-state index in [-0.39, 0.29) is 31.6 Å². The second-order valence-electron chi connectivity index (χ2n) is 7.46. The summed E-state index contributed by atoms with van der Waals surface area (Å²) in [7, 11) is 0. The van der Waals surface area contributed by atoms with Gasteiger partial charge >= 0.3 is 17.8 Å². The molecule has 0 aliphatic carbocycles. The van der Waals surface area contributed by atoms with Gasteiger partial charge in [-0.05, 0) is 36.9 Å². The van der Waals surface area contributed by atoms with Gasteiger partial charge in [0.15, 0.2) is 0 Å². The number of carbonyl (C=O) groups is 4. The molecular weight excluding hydrogens is 448 g/mol. The van der Waals surface area contributed by atoms with Crippen molar-refractivity contribution in [1.82, 2.24) is 20.6 Å². The molecule has 3 rings (SSSR count). The third-order valence-electron chi connectivity index (χ3n) is 5.19. The largest absolute Gasteiger partial charge is 0.444 e. The van der Waals surface area contributed by atoms with Crippen LogP contribution in [0, 0.1) is 0 Å². The predicted octanol–water partition coefficient (Wildman–Crippen LogP) is 1.61. The molecule has 0 bridgehead atoms. The van der Waals surface area contributed by atoms with Crippen LogP contribution < -0.4 is 16.3 Å². The Morgan fingerprint density at radius 1 is 1.03 bits per heavy atom. The number of nitrogens with zero attached hydrogens (tertiary/aromatic N) is 2. The van der Waals surface area contributed by atoms with Gasteiger partial charge in [0.05, 0.1) is 12.2 Å². The molecule has 12 nitrogen and oxygen atoms in total. The van der Waals surface area contributed by atoms with Crippen LogP contribution >= 0.6 is 0 Å². The monoisotopic (exact) mass is 474 g/mol. The van der Waals surface area contributed by atoms with Crippen LogP contribution in [0.15, 0.2) is 33.5 Å². The van der Waals surface area contributed by atoms with Crippen molar-refractivity contribution in [2.75, 3.05) is 19.8 Å². The Morgan fingerprint density at radius 3 is 2.41 bits per heavy atom. The van der Waals surface area contributed by atoms with Crippen LogP contribution in [0.5, 0.6) is 0 Å². The molecule has 2 N–H and O–H groups in total. The molecule has 1 aromatic carbocycles. The Hall–Kier alpha value is -3.93. The zero-order valence-electron chi connectivity index (χ0n) is 18.9. The summed E-state index contributed by atoms with van der Waals surface area (Å²) in [5.74, 6) is -1.14. The second-order valence-corrected chi connectivity index (χ2v) is 7.46. The van der Waals surface area contributed by atoms with Gasteiger partial charge in [-0.25, -0.2) is 14.4 Å². The molecule has 0 saturated carbocycles. The SMILES string of the molecule is CCN(CC)CNC(=O)OCc1cc2cc(CNC(=O)ON3C(=O)CCC3=O)ccc2oc1=O. The predicted molar refractivity (Wildman–Crippen MR) is 118 cm³/mol. The van der Waals surface area contributed by atoms with Gasteiger partial charge in [-0.2, -0.15) is 0 Å². The maximum Gasteiger partial charge on any atom is 0.432 e. The molecule has 34 heavy (non-hydrogen) atoms. The molecule has 4 amide bonds. The van der Waals surface area contributed by atoms with Crippen molar-refractivity contribution < 1.29 is 33.2 Å². The van der Waals surface area contributed by atoms with Crippen molar-refractivity contribution in [1.29, 1.82) is 0 Å². The van der Waals surface area contributed by atoms with Crippen molar-refractivity contribution >= 4 is 35.0 Å². The first-order chi connectivity index (χ1) is 16.3. The third kappa shape index (κ3) is 6.32. The third-order valence-corrected chi connectivity index (χ3v) is 5.19. The van der Waals surface area contributed by atoms with E-state index in [4.69, 9.17) is 14.0 Å². The molecule has 1 aliphatic rings. The maximum absolute atomic E-state index is 12.2. The summed E-state index contributed by atoms with van der Waals surface area (Å²) in [6, 6.07) is 6.42. The minimum Gasteiger partial charge on any atom is -0.444 e. The molecule has 1 aliphatic heterocycles. The number of fused-ring (bicyclic) bond motifs is 1. The average Bonchev–Trinajstić information content (AvgIpc) is 3.14. The van der Waals surface area contributed by atoms with E-state index in [1.807, 2.05) is 18.7 Å². The summed E-state index contributed by atoms with van der Waals surface area (Å²) < 4.78 is 10.4. The second kappa shape index (κ2) is 11.3. The van der Waals surface area contributed by atoms with E-state index in [1.165, 1.54) is 0 Å². The van der Waals surface area contributed by atoms with Crippen LogP contribution in [0.1, 0.15) is 37.8 Å². The lowest BCUT2D eigenvalue weighted by atomic mass is 10.1. The Bertz CT molecular complexity index is 1130. The Balaban J connectivity index is 1.59. The molecule has 2 aromatic rings. The highest BCUT2D eigenvalue weighted by atomic mass is 16.7. The van der Waals surface area contributed by atoms with E-state index >= 15 is 0 Å². The topological polar surface area (TPSA) is 147 Å². The zero-order valence-corrected chi connectivity index (χ0v) is 18.9. The summed E-state index contributed by atoms with van der Waals surface area (Å²) in [5, 5.41) is 6.07. The van der Waals surface area contributed by atoms with Gasteiger partial charge in [-0.1, -0.05) is 19.9 Å². The van der Waals surface area contributed by atoms with Crippen molar-refractivity contribution in [2.24, 2.45) is 0 Å². The molecule has 12 heteroatoms. The van der Waals surface area contributed by atoms with E-state index in [9.17, 15) is 24.0 Å². The molecule has 182 valence electrons. The van der Waals surface area contributed by atoms with Gasteiger partial charge in [-0.15, -0.1) is 5.06 Å². The van der Waals surface area contributed by atoms with E-state index < -0.39 is 29.6 Å². The smallest absolute Gasteiger partial charge is 0.432 e. The summed E-state index contributed by atoms with van der Waals surface area (Å²) in [5.41, 5.74) is 0.486. The molecular formula is C22H26N4O8.